The summed E-state index contributed by atoms with van der Waals surface area (Å²) in [5.74, 6) is 2.43. The third kappa shape index (κ3) is 4.13. The Kier molecular flexibility index (Phi) is 5.17. The van der Waals surface area contributed by atoms with Gasteiger partial charge in [0, 0.05) is 0 Å². The summed E-state index contributed by atoms with van der Waals surface area (Å²) in [5, 5.41) is 0. The van der Waals surface area contributed by atoms with Crippen molar-refractivity contribution in [1.29, 1.82) is 0 Å². The normalized spacial score (nSPS) is 10.6. The van der Waals surface area contributed by atoms with Gasteiger partial charge in [0.25, 0.3) is 0 Å². The van der Waals surface area contributed by atoms with Gasteiger partial charge in [0.15, 0.2) is 0 Å². The van der Waals surface area contributed by atoms with Crippen LogP contribution >= 0.6 is 0 Å². The van der Waals surface area contributed by atoms with Gasteiger partial charge in [-0.1, -0.05) is 20.8 Å². The summed E-state index contributed by atoms with van der Waals surface area (Å²) in [4.78, 5) is 0. The van der Waals surface area contributed by atoms with E-state index in [0.717, 1.165) is 36.7 Å². The van der Waals surface area contributed by atoms with Crippen molar-refractivity contribution in [2.24, 2.45) is 5.92 Å². The lowest BCUT2D eigenvalue weighted by atomic mass is 10.2. The van der Waals surface area contributed by atoms with Gasteiger partial charge in [-0.25, -0.2) is 0 Å². The maximum absolute atomic E-state index is 5.70. The maximum atomic E-state index is 5.70. The van der Waals surface area contributed by atoms with E-state index in [9.17, 15) is 0 Å². The Morgan fingerprint density at radius 3 is 2.50 bits per heavy atom. The summed E-state index contributed by atoms with van der Waals surface area (Å²) in [6.07, 6.45) is 1.03. The topological polar surface area (TPSA) is 18.5 Å². The first-order valence-corrected chi connectivity index (χ1v) is 5.99. The van der Waals surface area contributed by atoms with Gasteiger partial charge in [-0.3, -0.25) is 0 Å². The first-order valence-electron chi connectivity index (χ1n) is 5.99. The molecule has 0 bridgehead atoms. The van der Waals surface area contributed by atoms with E-state index in [2.05, 4.69) is 27.7 Å². The van der Waals surface area contributed by atoms with Crippen LogP contribution in [0.5, 0.6) is 11.5 Å². The van der Waals surface area contributed by atoms with Crippen LogP contribution in [0, 0.1) is 12.8 Å². The fourth-order valence-corrected chi connectivity index (χ4v) is 1.35. The summed E-state index contributed by atoms with van der Waals surface area (Å²) in [6.45, 7) is 9.98. The minimum atomic E-state index is 0.551. The van der Waals surface area contributed by atoms with Gasteiger partial charge in [0.1, 0.15) is 11.5 Å². The van der Waals surface area contributed by atoms with E-state index in [1.807, 2.05) is 18.2 Å². The van der Waals surface area contributed by atoms with E-state index in [1.165, 1.54) is 0 Å². The second kappa shape index (κ2) is 6.41. The molecule has 16 heavy (non-hydrogen) atoms. The van der Waals surface area contributed by atoms with E-state index in [0.29, 0.717) is 5.92 Å². The average molecular weight is 222 g/mol. The van der Waals surface area contributed by atoms with E-state index < -0.39 is 0 Å². The third-order valence-electron chi connectivity index (χ3n) is 2.19. The maximum Gasteiger partial charge on any atom is 0.122 e. The van der Waals surface area contributed by atoms with Crippen molar-refractivity contribution in [2.75, 3.05) is 13.2 Å². The first kappa shape index (κ1) is 12.9. The van der Waals surface area contributed by atoms with Crippen LogP contribution in [-0.4, -0.2) is 13.2 Å². The first-order chi connectivity index (χ1) is 7.63. The van der Waals surface area contributed by atoms with Crippen LogP contribution in [0.4, 0.5) is 0 Å². The molecule has 0 radical (unpaired) electrons. The van der Waals surface area contributed by atoms with Gasteiger partial charge in [-0.15, -0.1) is 0 Å². The summed E-state index contributed by atoms with van der Waals surface area (Å²) in [7, 11) is 0. The Labute approximate surface area is 98.6 Å². The second-order valence-electron chi connectivity index (χ2n) is 4.48. The van der Waals surface area contributed by atoms with E-state index in [4.69, 9.17) is 9.47 Å². The quantitative estimate of drug-likeness (QED) is 0.728. The standard InChI is InChI=1S/C14H22O2/c1-5-8-15-13-6-7-14(12(4)9-13)16-10-11(2)3/h6-7,9,11H,5,8,10H2,1-4H3. The SMILES string of the molecule is CCCOc1ccc(OCC(C)C)c(C)c1. The largest absolute Gasteiger partial charge is 0.494 e. The van der Waals surface area contributed by atoms with Gasteiger partial charge in [-0.2, -0.15) is 0 Å². The predicted molar refractivity (Wildman–Crippen MR) is 67.3 cm³/mol. The highest BCUT2D eigenvalue weighted by molar-refractivity contribution is 5.39. The lowest BCUT2D eigenvalue weighted by Crippen LogP contribution is -2.05. The lowest BCUT2D eigenvalue weighted by Gasteiger charge is -2.12. The molecule has 0 saturated heterocycles. The molecule has 0 aliphatic carbocycles. The van der Waals surface area contributed by atoms with Crippen LogP contribution in [0.2, 0.25) is 0 Å². The minimum absolute atomic E-state index is 0.551. The molecule has 0 aromatic heterocycles. The Balaban J connectivity index is 2.60. The molecule has 1 aromatic rings. The van der Waals surface area contributed by atoms with Crippen LogP contribution in [0.15, 0.2) is 18.2 Å². The molecule has 0 unspecified atom stereocenters. The Morgan fingerprint density at radius 1 is 1.19 bits per heavy atom. The van der Waals surface area contributed by atoms with Crippen LogP contribution in [0.1, 0.15) is 32.8 Å². The van der Waals surface area contributed by atoms with Crippen LogP contribution < -0.4 is 9.47 Å². The molecule has 2 nitrogen and oxygen atoms in total. The summed E-state index contributed by atoms with van der Waals surface area (Å²) < 4.78 is 11.3. The van der Waals surface area contributed by atoms with E-state index >= 15 is 0 Å². The Hall–Kier alpha value is -1.18. The molecular formula is C14H22O2. The van der Waals surface area contributed by atoms with Crippen molar-refractivity contribution in [2.45, 2.75) is 34.1 Å². The Bertz CT molecular complexity index is 319. The van der Waals surface area contributed by atoms with Crippen molar-refractivity contribution in [1.82, 2.24) is 0 Å². The zero-order valence-electron chi connectivity index (χ0n) is 10.7. The molecular weight excluding hydrogens is 200 g/mol. The molecule has 90 valence electrons. The van der Waals surface area contributed by atoms with Gasteiger partial charge in [0.2, 0.25) is 0 Å². The van der Waals surface area contributed by atoms with Crippen LogP contribution in [-0.2, 0) is 0 Å². The predicted octanol–water partition coefficient (Wildman–Crippen LogP) is 3.82. The average Bonchev–Trinajstić information content (AvgIpc) is 2.24. The number of aryl methyl sites for hydroxylation is 1. The van der Waals surface area contributed by atoms with Crippen molar-refractivity contribution in [3.8, 4) is 11.5 Å². The van der Waals surface area contributed by atoms with E-state index in [1.54, 1.807) is 0 Å². The highest BCUT2D eigenvalue weighted by Gasteiger charge is 2.03. The smallest absolute Gasteiger partial charge is 0.122 e. The summed E-state index contributed by atoms with van der Waals surface area (Å²) >= 11 is 0. The number of rotatable bonds is 6. The van der Waals surface area contributed by atoms with Crippen molar-refractivity contribution in [3.05, 3.63) is 23.8 Å². The van der Waals surface area contributed by atoms with Crippen molar-refractivity contribution in [3.63, 3.8) is 0 Å². The molecule has 0 aliphatic heterocycles. The third-order valence-corrected chi connectivity index (χ3v) is 2.19. The highest BCUT2D eigenvalue weighted by atomic mass is 16.5. The van der Waals surface area contributed by atoms with Crippen LogP contribution in [0.25, 0.3) is 0 Å². The van der Waals surface area contributed by atoms with Gasteiger partial charge in [0.05, 0.1) is 13.2 Å². The minimum Gasteiger partial charge on any atom is -0.494 e. The van der Waals surface area contributed by atoms with Crippen molar-refractivity contribution < 1.29 is 9.47 Å². The molecule has 0 saturated carbocycles. The molecule has 0 aliphatic rings. The molecule has 0 amide bonds. The van der Waals surface area contributed by atoms with Gasteiger partial charge < -0.3 is 9.47 Å². The Morgan fingerprint density at radius 2 is 1.94 bits per heavy atom. The lowest BCUT2D eigenvalue weighted by molar-refractivity contribution is 0.268. The monoisotopic (exact) mass is 222 g/mol. The summed E-state index contributed by atoms with van der Waals surface area (Å²) in [5.41, 5.74) is 1.13. The number of hydrogen-bond donors (Lipinski definition) is 0. The molecule has 1 aromatic carbocycles. The number of benzene rings is 1. The number of ether oxygens (including phenoxy) is 2. The second-order valence-corrected chi connectivity index (χ2v) is 4.48. The zero-order valence-corrected chi connectivity index (χ0v) is 10.7. The van der Waals surface area contributed by atoms with E-state index in [-0.39, 0.29) is 0 Å². The fraction of sp³-hybridized carbons (Fsp3) is 0.571. The molecule has 0 fully saturated rings. The zero-order chi connectivity index (χ0) is 12.0. The highest BCUT2D eigenvalue weighted by Crippen LogP contribution is 2.23. The van der Waals surface area contributed by atoms with Crippen LogP contribution in [0.3, 0.4) is 0 Å². The molecule has 1 rings (SSSR count). The fourth-order valence-electron chi connectivity index (χ4n) is 1.35. The van der Waals surface area contributed by atoms with Crippen molar-refractivity contribution >= 4 is 0 Å². The molecule has 0 N–H and O–H groups in total. The molecule has 0 heterocycles. The number of hydrogen-bond acceptors (Lipinski definition) is 2. The summed E-state index contributed by atoms with van der Waals surface area (Å²) in [6, 6.07) is 5.99. The molecule has 2 heteroatoms. The van der Waals surface area contributed by atoms with Gasteiger partial charge in [-0.05, 0) is 43.0 Å². The molecule has 0 atom stereocenters. The molecule has 0 spiro atoms. The van der Waals surface area contributed by atoms with Gasteiger partial charge >= 0.3 is 0 Å².